The highest BCUT2D eigenvalue weighted by atomic mass is 16.1. The van der Waals surface area contributed by atoms with Crippen LogP contribution in [0.3, 0.4) is 0 Å². The Balaban J connectivity index is 2.62. The van der Waals surface area contributed by atoms with Gasteiger partial charge in [0.05, 0.1) is 11.2 Å². The maximum atomic E-state index is 12.2. The van der Waals surface area contributed by atoms with Gasteiger partial charge in [-0.05, 0) is 12.1 Å². The van der Waals surface area contributed by atoms with E-state index in [0.717, 1.165) is 16.3 Å². The fourth-order valence-electron chi connectivity index (χ4n) is 2.24. The van der Waals surface area contributed by atoms with E-state index in [1.165, 1.54) is 0 Å². The molecular weight excluding hydrogens is 214 g/mol. The average Bonchev–Trinajstić information content (AvgIpc) is 2.71. The lowest BCUT2D eigenvalue weighted by Crippen LogP contribution is -2.19. The Morgan fingerprint density at radius 2 is 2.12 bits per heavy atom. The van der Waals surface area contributed by atoms with E-state index in [1.54, 1.807) is 6.20 Å². The molecule has 3 rings (SSSR count). The SMILES string of the molecule is CN(C)c1cc2c3c(ccn2C)cnc3c1=O. The van der Waals surface area contributed by atoms with Crippen LogP contribution in [0.25, 0.3) is 21.8 Å². The summed E-state index contributed by atoms with van der Waals surface area (Å²) < 4.78 is 2.02. The van der Waals surface area contributed by atoms with Gasteiger partial charge in [0, 0.05) is 44.3 Å². The molecule has 0 saturated heterocycles. The molecule has 2 heterocycles. The van der Waals surface area contributed by atoms with Crippen LogP contribution in [0.4, 0.5) is 5.69 Å². The number of rotatable bonds is 1. The number of hydrogen-bond donors (Lipinski definition) is 0. The van der Waals surface area contributed by atoms with Crippen LogP contribution in [0, 0.1) is 0 Å². The normalized spacial score (nSPS) is 11.5. The Labute approximate surface area is 98.4 Å². The van der Waals surface area contributed by atoms with Gasteiger partial charge in [-0.2, -0.15) is 0 Å². The van der Waals surface area contributed by atoms with Crippen molar-refractivity contribution in [1.82, 2.24) is 9.55 Å². The first kappa shape index (κ1) is 10.1. The van der Waals surface area contributed by atoms with Crippen molar-refractivity contribution >= 4 is 27.5 Å². The van der Waals surface area contributed by atoms with E-state index in [9.17, 15) is 4.79 Å². The summed E-state index contributed by atoms with van der Waals surface area (Å²) >= 11 is 0. The third-order valence-corrected chi connectivity index (χ3v) is 3.18. The zero-order valence-corrected chi connectivity index (χ0v) is 10.1. The Hall–Kier alpha value is -2.10. The molecule has 4 heteroatoms. The average molecular weight is 227 g/mol. The van der Waals surface area contributed by atoms with E-state index in [2.05, 4.69) is 4.98 Å². The number of nitrogens with zero attached hydrogens (tertiary/aromatic N) is 3. The molecule has 0 spiro atoms. The molecule has 86 valence electrons. The molecule has 0 fully saturated rings. The quantitative estimate of drug-likeness (QED) is 0.633. The molecule has 0 radical (unpaired) electrons. The van der Waals surface area contributed by atoms with Crippen molar-refractivity contribution in [2.75, 3.05) is 19.0 Å². The smallest absolute Gasteiger partial charge is 0.228 e. The first-order chi connectivity index (χ1) is 8.09. The van der Waals surface area contributed by atoms with Crippen LogP contribution in [0.1, 0.15) is 0 Å². The number of benzene rings is 1. The highest BCUT2D eigenvalue weighted by molar-refractivity contribution is 6.09. The van der Waals surface area contributed by atoms with Gasteiger partial charge in [-0.15, -0.1) is 0 Å². The fourth-order valence-corrected chi connectivity index (χ4v) is 2.24. The molecule has 0 unspecified atom stereocenters. The van der Waals surface area contributed by atoms with Crippen molar-refractivity contribution in [3.8, 4) is 0 Å². The molecule has 17 heavy (non-hydrogen) atoms. The summed E-state index contributed by atoms with van der Waals surface area (Å²) in [6.07, 6.45) is 3.75. The minimum atomic E-state index is 0.00343. The van der Waals surface area contributed by atoms with Gasteiger partial charge in [0.1, 0.15) is 5.52 Å². The molecule has 1 aromatic carbocycles. The van der Waals surface area contributed by atoms with Gasteiger partial charge in [0.2, 0.25) is 5.43 Å². The molecule has 4 nitrogen and oxygen atoms in total. The molecule has 2 aromatic heterocycles. The summed E-state index contributed by atoms with van der Waals surface area (Å²) in [6.45, 7) is 0. The highest BCUT2D eigenvalue weighted by Gasteiger charge is 2.14. The second-order valence-electron chi connectivity index (χ2n) is 4.50. The number of pyridine rings is 1. The van der Waals surface area contributed by atoms with Crippen LogP contribution in [0.15, 0.2) is 29.3 Å². The molecule has 0 N–H and O–H groups in total. The minimum absolute atomic E-state index is 0.00343. The largest absolute Gasteiger partial charge is 0.374 e. The molecule has 0 saturated carbocycles. The highest BCUT2D eigenvalue weighted by Crippen LogP contribution is 2.26. The van der Waals surface area contributed by atoms with Gasteiger partial charge in [-0.1, -0.05) is 0 Å². The third-order valence-electron chi connectivity index (χ3n) is 3.18. The van der Waals surface area contributed by atoms with E-state index in [1.807, 2.05) is 48.9 Å². The molecule has 3 aromatic rings. The summed E-state index contributed by atoms with van der Waals surface area (Å²) in [6, 6.07) is 3.91. The molecule has 0 atom stereocenters. The summed E-state index contributed by atoms with van der Waals surface area (Å²) in [5.74, 6) is 0. The van der Waals surface area contributed by atoms with E-state index in [-0.39, 0.29) is 5.43 Å². The van der Waals surface area contributed by atoms with Crippen LogP contribution in [0.2, 0.25) is 0 Å². The predicted molar refractivity (Wildman–Crippen MR) is 70.0 cm³/mol. The molecule has 0 aliphatic carbocycles. The van der Waals surface area contributed by atoms with Crippen LogP contribution in [-0.4, -0.2) is 23.6 Å². The molecule has 0 aliphatic heterocycles. The van der Waals surface area contributed by atoms with Crippen molar-refractivity contribution in [3.63, 3.8) is 0 Å². The second-order valence-corrected chi connectivity index (χ2v) is 4.50. The van der Waals surface area contributed by atoms with Gasteiger partial charge in [-0.3, -0.25) is 9.78 Å². The van der Waals surface area contributed by atoms with Crippen molar-refractivity contribution in [2.24, 2.45) is 7.05 Å². The molecule has 0 aliphatic rings. The second kappa shape index (κ2) is 3.20. The van der Waals surface area contributed by atoms with Crippen molar-refractivity contribution in [2.45, 2.75) is 0 Å². The summed E-state index contributed by atoms with van der Waals surface area (Å²) in [4.78, 5) is 18.3. The van der Waals surface area contributed by atoms with Crippen LogP contribution in [0.5, 0.6) is 0 Å². The van der Waals surface area contributed by atoms with E-state index >= 15 is 0 Å². The monoisotopic (exact) mass is 227 g/mol. The maximum absolute atomic E-state index is 12.2. The summed E-state index contributed by atoms with van der Waals surface area (Å²) in [5.41, 5.74) is 2.29. The number of aryl methyl sites for hydroxylation is 1. The van der Waals surface area contributed by atoms with Gasteiger partial charge in [0.15, 0.2) is 0 Å². The van der Waals surface area contributed by atoms with Crippen LogP contribution >= 0.6 is 0 Å². The topological polar surface area (TPSA) is 38.1 Å². The predicted octanol–water partition coefficient (Wildman–Crippen LogP) is 1.59. The molecule has 0 bridgehead atoms. The molecular formula is C13H13N3O. The summed E-state index contributed by atoms with van der Waals surface area (Å²) in [5, 5.41) is 1.99. The fraction of sp³-hybridized carbons (Fsp3) is 0.231. The van der Waals surface area contributed by atoms with Gasteiger partial charge >= 0.3 is 0 Å². The number of hydrogen-bond acceptors (Lipinski definition) is 3. The lowest BCUT2D eigenvalue weighted by atomic mass is 10.1. The standard InChI is InChI=1S/C13H13N3O/c1-15(2)10-6-9-11-8(4-5-16(9)3)7-14-12(11)13(10)17/h4-7H,1-3H3. The van der Waals surface area contributed by atoms with E-state index in [0.29, 0.717) is 11.2 Å². The number of aromatic nitrogens is 2. The Morgan fingerprint density at radius 3 is 2.82 bits per heavy atom. The molecule has 0 amide bonds. The zero-order valence-electron chi connectivity index (χ0n) is 10.1. The first-order valence-electron chi connectivity index (χ1n) is 5.47. The van der Waals surface area contributed by atoms with Crippen LogP contribution < -0.4 is 10.3 Å². The first-order valence-corrected chi connectivity index (χ1v) is 5.47. The van der Waals surface area contributed by atoms with E-state index < -0.39 is 0 Å². The van der Waals surface area contributed by atoms with Gasteiger partial charge in [-0.25, -0.2) is 0 Å². The Kier molecular flexibility index (Phi) is 1.90. The summed E-state index contributed by atoms with van der Waals surface area (Å²) in [7, 11) is 5.72. The Bertz CT molecular complexity index is 758. The lowest BCUT2D eigenvalue weighted by Gasteiger charge is -2.13. The van der Waals surface area contributed by atoms with Crippen molar-refractivity contribution in [3.05, 3.63) is 34.7 Å². The van der Waals surface area contributed by atoms with E-state index in [4.69, 9.17) is 0 Å². The number of anilines is 1. The maximum Gasteiger partial charge on any atom is 0.228 e. The van der Waals surface area contributed by atoms with Crippen LogP contribution in [-0.2, 0) is 7.05 Å². The van der Waals surface area contributed by atoms with Gasteiger partial charge < -0.3 is 9.47 Å². The third kappa shape index (κ3) is 1.24. The Morgan fingerprint density at radius 1 is 1.35 bits per heavy atom. The zero-order chi connectivity index (χ0) is 12.2. The van der Waals surface area contributed by atoms with Crippen molar-refractivity contribution < 1.29 is 0 Å². The minimum Gasteiger partial charge on any atom is -0.374 e. The van der Waals surface area contributed by atoms with Crippen molar-refractivity contribution in [1.29, 1.82) is 0 Å². The van der Waals surface area contributed by atoms with Gasteiger partial charge in [0.25, 0.3) is 0 Å². The lowest BCUT2D eigenvalue weighted by molar-refractivity contribution is 0.955.